The summed E-state index contributed by atoms with van der Waals surface area (Å²) in [5.74, 6) is -1.000. The molecule has 6 heteroatoms. The first-order valence-electron chi connectivity index (χ1n) is 4.96. The van der Waals surface area contributed by atoms with E-state index in [0.29, 0.717) is 0 Å². The molecule has 0 aliphatic heterocycles. The van der Waals surface area contributed by atoms with Crippen molar-refractivity contribution in [3.05, 3.63) is 0 Å². The highest BCUT2D eigenvalue weighted by molar-refractivity contribution is 6.17. The number of hydrogen-bond acceptors (Lipinski definition) is 5. The monoisotopic (exact) mass is 251 g/mol. The van der Waals surface area contributed by atoms with Crippen molar-refractivity contribution < 1.29 is 19.1 Å². The van der Waals surface area contributed by atoms with Gasteiger partial charge in [0.15, 0.2) is 6.07 Å². The molecule has 0 fully saturated rings. The highest BCUT2D eigenvalue weighted by atomic mass is 35.5. The molecule has 1 atom stereocenters. The zero-order valence-corrected chi connectivity index (χ0v) is 10.5. The van der Waals surface area contributed by atoms with E-state index < -0.39 is 17.6 Å². The Hall–Kier alpha value is -0.810. The zero-order chi connectivity index (χ0) is 12.8. The van der Waals surface area contributed by atoms with Gasteiger partial charge in [-0.2, -0.15) is 0 Å². The predicted molar refractivity (Wildman–Crippen MR) is 59.9 cm³/mol. The number of rotatable bonds is 5. The van der Waals surface area contributed by atoms with E-state index in [1.165, 1.54) is 0 Å². The molecule has 0 heterocycles. The van der Waals surface area contributed by atoms with E-state index in [1.54, 1.807) is 20.8 Å². The standard InChI is InChI=1S/C10H18ClNO4/c1-10(2,3)16-8(13)5-4-7(12)9(14)15-6-11/h7H,4-6,12H2,1-3H3. The molecule has 0 amide bonds. The van der Waals surface area contributed by atoms with Gasteiger partial charge in [-0.05, 0) is 27.2 Å². The molecule has 0 saturated carbocycles. The summed E-state index contributed by atoms with van der Waals surface area (Å²) < 4.78 is 9.54. The lowest BCUT2D eigenvalue weighted by Crippen LogP contribution is -2.33. The molecular weight excluding hydrogens is 234 g/mol. The third kappa shape index (κ3) is 7.48. The Kier molecular flexibility index (Phi) is 6.36. The van der Waals surface area contributed by atoms with Gasteiger partial charge in [0.05, 0.1) is 0 Å². The molecular formula is C10H18ClNO4. The minimum atomic E-state index is -0.841. The van der Waals surface area contributed by atoms with Crippen LogP contribution in [0.3, 0.4) is 0 Å². The zero-order valence-electron chi connectivity index (χ0n) is 9.79. The maximum absolute atomic E-state index is 11.3. The van der Waals surface area contributed by atoms with E-state index in [2.05, 4.69) is 4.74 Å². The van der Waals surface area contributed by atoms with Gasteiger partial charge in [0.1, 0.15) is 11.6 Å². The number of hydrogen-bond donors (Lipinski definition) is 1. The van der Waals surface area contributed by atoms with Gasteiger partial charge in [-0.3, -0.25) is 9.59 Å². The van der Waals surface area contributed by atoms with E-state index >= 15 is 0 Å². The molecule has 0 radical (unpaired) electrons. The maximum Gasteiger partial charge on any atom is 0.324 e. The minimum Gasteiger partial charge on any atom is -0.460 e. The summed E-state index contributed by atoms with van der Waals surface area (Å²) in [7, 11) is 0. The van der Waals surface area contributed by atoms with Crippen LogP contribution in [0, 0.1) is 0 Å². The SMILES string of the molecule is CC(C)(C)OC(=O)CCC(N)C(=O)OCCl. The summed E-state index contributed by atoms with van der Waals surface area (Å²) >= 11 is 5.20. The number of ether oxygens (including phenoxy) is 2. The van der Waals surface area contributed by atoms with Crippen LogP contribution in [0.4, 0.5) is 0 Å². The second-order valence-electron chi connectivity index (χ2n) is 4.30. The van der Waals surface area contributed by atoms with Crippen LogP contribution in [-0.2, 0) is 19.1 Å². The number of esters is 2. The lowest BCUT2D eigenvalue weighted by atomic mass is 10.1. The Morgan fingerprint density at radius 2 is 1.94 bits per heavy atom. The van der Waals surface area contributed by atoms with Gasteiger partial charge in [-0.1, -0.05) is 11.6 Å². The first-order valence-corrected chi connectivity index (χ1v) is 5.49. The minimum absolute atomic E-state index is 0.0792. The predicted octanol–water partition coefficient (Wildman–Crippen LogP) is 1.18. The molecule has 0 bridgehead atoms. The molecule has 0 aromatic heterocycles. The number of alkyl halides is 1. The van der Waals surface area contributed by atoms with Gasteiger partial charge in [0.25, 0.3) is 0 Å². The Morgan fingerprint density at radius 3 is 2.38 bits per heavy atom. The second-order valence-corrected chi connectivity index (χ2v) is 4.52. The summed E-state index contributed by atoms with van der Waals surface area (Å²) in [6.45, 7) is 5.31. The topological polar surface area (TPSA) is 78.6 Å². The van der Waals surface area contributed by atoms with Crippen molar-refractivity contribution in [1.29, 1.82) is 0 Å². The van der Waals surface area contributed by atoms with Crippen LogP contribution in [0.25, 0.3) is 0 Å². The average molecular weight is 252 g/mol. The third-order valence-electron chi connectivity index (χ3n) is 1.58. The molecule has 16 heavy (non-hydrogen) atoms. The summed E-state index contributed by atoms with van der Waals surface area (Å²) in [6, 6.07) is -1.08. The van der Waals surface area contributed by atoms with Gasteiger partial charge >= 0.3 is 11.9 Å². The van der Waals surface area contributed by atoms with E-state index in [4.69, 9.17) is 22.1 Å². The van der Waals surface area contributed by atoms with Gasteiger partial charge in [0.2, 0.25) is 0 Å². The van der Waals surface area contributed by atoms with Crippen LogP contribution in [0.2, 0.25) is 0 Å². The lowest BCUT2D eigenvalue weighted by Gasteiger charge is -2.19. The van der Waals surface area contributed by atoms with E-state index in [9.17, 15) is 9.59 Å². The largest absolute Gasteiger partial charge is 0.460 e. The van der Waals surface area contributed by atoms with Crippen LogP contribution >= 0.6 is 11.6 Å². The fourth-order valence-electron chi connectivity index (χ4n) is 0.945. The number of carbonyl (C=O) groups excluding carboxylic acids is 2. The van der Waals surface area contributed by atoms with Crippen molar-refractivity contribution in [2.24, 2.45) is 5.73 Å². The highest BCUT2D eigenvalue weighted by Crippen LogP contribution is 2.09. The lowest BCUT2D eigenvalue weighted by molar-refractivity contribution is -0.155. The van der Waals surface area contributed by atoms with Crippen molar-refractivity contribution >= 4 is 23.5 Å². The fourth-order valence-corrected chi connectivity index (χ4v) is 1.05. The molecule has 0 aliphatic carbocycles. The first kappa shape index (κ1) is 15.2. The second kappa shape index (κ2) is 6.70. The fraction of sp³-hybridized carbons (Fsp3) is 0.800. The average Bonchev–Trinajstić information content (AvgIpc) is 2.11. The van der Waals surface area contributed by atoms with Crippen molar-refractivity contribution in [3.8, 4) is 0 Å². The summed E-state index contributed by atoms with van der Waals surface area (Å²) in [5.41, 5.74) is 4.94. The van der Waals surface area contributed by atoms with E-state index in [1.807, 2.05) is 0 Å². The van der Waals surface area contributed by atoms with E-state index in [0.717, 1.165) is 0 Å². The molecule has 0 rings (SSSR count). The molecule has 1 unspecified atom stereocenters. The molecule has 0 aromatic carbocycles. The van der Waals surface area contributed by atoms with Gasteiger partial charge in [0, 0.05) is 6.42 Å². The maximum atomic E-state index is 11.3. The normalized spacial score (nSPS) is 13.1. The van der Waals surface area contributed by atoms with Crippen LogP contribution in [0.1, 0.15) is 33.6 Å². The van der Waals surface area contributed by atoms with Gasteiger partial charge in [-0.15, -0.1) is 0 Å². The third-order valence-corrected chi connectivity index (χ3v) is 1.69. The number of nitrogens with two attached hydrogens (primary N) is 1. The molecule has 0 spiro atoms. The molecule has 2 N–H and O–H groups in total. The van der Waals surface area contributed by atoms with Crippen molar-refractivity contribution in [1.82, 2.24) is 0 Å². The van der Waals surface area contributed by atoms with Crippen molar-refractivity contribution in [2.45, 2.75) is 45.3 Å². The molecule has 0 aromatic rings. The molecule has 5 nitrogen and oxygen atoms in total. The number of carbonyl (C=O) groups is 2. The Balaban J connectivity index is 3.88. The number of halogens is 1. The Bertz CT molecular complexity index is 250. The summed E-state index contributed by atoms with van der Waals surface area (Å²) in [6.07, 6.45) is 0.264. The van der Waals surface area contributed by atoms with Crippen LogP contribution in [0.15, 0.2) is 0 Å². The summed E-state index contributed by atoms with van der Waals surface area (Å²) in [5, 5.41) is 0. The summed E-state index contributed by atoms with van der Waals surface area (Å²) in [4.78, 5) is 22.3. The van der Waals surface area contributed by atoms with Crippen molar-refractivity contribution in [2.75, 3.05) is 6.07 Å². The smallest absolute Gasteiger partial charge is 0.324 e. The van der Waals surface area contributed by atoms with Crippen molar-refractivity contribution in [3.63, 3.8) is 0 Å². The Labute approximate surface area is 100 Å². The van der Waals surface area contributed by atoms with Crippen LogP contribution in [0.5, 0.6) is 0 Å². The van der Waals surface area contributed by atoms with Crippen LogP contribution < -0.4 is 5.73 Å². The molecule has 0 saturated heterocycles. The molecule has 94 valence electrons. The quantitative estimate of drug-likeness (QED) is 0.586. The molecule has 0 aliphatic rings. The highest BCUT2D eigenvalue weighted by Gasteiger charge is 2.20. The first-order chi connectivity index (χ1) is 7.26. The Morgan fingerprint density at radius 1 is 1.38 bits per heavy atom. The van der Waals surface area contributed by atoms with E-state index in [-0.39, 0.29) is 24.9 Å². The van der Waals surface area contributed by atoms with Gasteiger partial charge < -0.3 is 15.2 Å². The van der Waals surface area contributed by atoms with Gasteiger partial charge in [-0.25, -0.2) is 0 Å². The van der Waals surface area contributed by atoms with Crippen LogP contribution in [-0.4, -0.2) is 29.6 Å².